The van der Waals surface area contributed by atoms with Gasteiger partial charge >= 0.3 is 0 Å². The maximum Gasteiger partial charge on any atom is 0.263 e. The molecule has 1 aliphatic rings. The van der Waals surface area contributed by atoms with Gasteiger partial charge in [0.25, 0.3) is 5.56 Å². The number of hydrogen-bond donors (Lipinski definition) is 2. The molecule has 1 fully saturated rings. The van der Waals surface area contributed by atoms with Gasteiger partial charge in [0.05, 0.1) is 16.3 Å². The van der Waals surface area contributed by atoms with E-state index in [1.165, 1.54) is 4.57 Å². The monoisotopic (exact) mass is 334 g/mol. The maximum absolute atomic E-state index is 13.2. The minimum absolute atomic E-state index is 0.199. The van der Waals surface area contributed by atoms with Crippen molar-refractivity contribution in [3.8, 4) is 0 Å². The highest BCUT2D eigenvalue weighted by atomic mass is 16.2. The molecule has 1 aromatic heterocycles. The summed E-state index contributed by atoms with van der Waals surface area (Å²) in [6, 6.07) is 3.47. The summed E-state index contributed by atoms with van der Waals surface area (Å²) in [5.41, 5.74) is 6.12. The first kappa shape index (κ1) is 17.4. The lowest BCUT2D eigenvalue weighted by atomic mass is 9.45. The van der Waals surface area contributed by atoms with Crippen molar-refractivity contribution in [2.24, 2.45) is 0 Å². The number of nitrogen functional groups attached to an aromatic ring is 1. The summed E-state index contributed by atoms with van der Waals surface area (Å²) in [4.78, 5) is 42.5. The number of fused-ring (bicyclic) bond motifs is 1. The third-order valence-electron chi connectivity index (χ3n) is 5.04. The Kier molecular flexibility index (Phi) is 3.67. The Morgan fingerprint density at radius 2 is 1.84 bits per heavy atom. The molecule has 3 N–H and O–H groups in total. The molecule has 2 heterocycles. The lowest BCUT2D eigenvalue weighted by Crippen LogP contribution is -2.63. The van der Waals surface area contributed by atoms with Crippen molar-refractivity contribution in [3.63, 3.8) is 0 Å². The average Bonchev–Trinajstić information content (AvgIpc) is 2.48. The lowest BCUT2D eigenvalue weighted by Gasteiger charge is -2.42. The summed E-state index contributed by atoms with van der Waals surface area (Å²) in [6.45, 7) is 1.69. The normalized spacial score (nSPS) is 22.8. The number of amides is 2. The lowest BCUT2D eigenvalue weighted by molar-refractivity contribution is -0.138. The molecule has 1 saturated heterocycles. The van der Waals surface area contributed by atoms with E-state index >= 15 is 0 Å². The van der Waals surface area contributed by atoms with Crippen LogP contribution in [0.1, 0.15) is 12.2 Å². The third-order valence-corrected chi connectivity index (χ3v) is 5.04. The molecule has 0 radical (unpaired) electrons. The number of nitrogens with one attached hydrogen (secondary N) is 1. The molecular weight excluding hydrogens is 315 g/mol. The number of aromatic nitrogens is 2. The number of imide groups is 1. The largest absolute Gasteiger partial charge is 0.398 e. The molecule has 25 heavy (non-hydrogen) atoms. The zero-order chi connectivity index (χ0) is 18.7. The van der Waals surface area contributed by atoms with Gasteiger partial charge in [-0.05, 0) is 24.6 Å². The van der Waals surface area contributed by atoms with E-state index in [4.69, 9.17) is 5.73 Å². The van der Waals surface area contributed by atoms with E-state index in [1.807, 2.05) is 13.9 Å². The third kappa shape index (κ3) is 2.41. The molecule has 0 spiro atoms. The Bertz CT molecular complexity index is 1000. The number of carbonyl (C=O) groups excluding carboxylic acids is 2. The van der Waals surface area contributed by atoms with Gasteiger partial charge in [-0.15, -0.1) is 0 Å². The van der Waals surface area contributed by atoms with Gasteiger partial charge in [0.1, 0.15) is 37.2 Å². The molecule has 0 saturated carbocycles. The van der Waals surface area contributed by atoms with Crippen LogP contribution in [-0.2, 0) is 15.0 Å². The van der Waals surface area contributed by atoms with Crippen LogP contribution in [0.15, 0.2) is 16.9 Å². The molecular formula is C14H18B4N4O3. The van der Waals surface area contributed by atoms with Crippen LogP contribution in [0.3, 0.4) is 0 Å². The van der Waals surface area contributed by atoms with E-state index in [1.54, 1.807) is 36.5 Å². The molecule has 1 aromatic carbocycles. The number of aryl methyl sites for hydroxylation is 1. The van der Waals surface area contributed by atoms with E-state index < -0.39 is 16.6 Å². The van der Waals surface area contributed by atoms with E-state index in [0.29, 0.717) is 22.4 Å². The molecule has 124 valence electrons. The molecule has 3 rings (SSSR count). The second-order valence-electron chi connectivity index (χ2n) is 7.61. The first-order valence-electron chi connectivity index (χ1n) is 8.14. The van der Waals surface area contributed by atoms with Gasteiger partial charge in [0, 0.05) is 5.69 Å². The number of rotatable bonds is 1. The first-order valence-corrected chi connectivity index (χ1v) is 8.14. The fourth-order valence-electron chi connectivity index (χ4n) is 3.74. The standard InChI is InChI=1S/C14H18B4N4O3/c1-5-20-9-6(15)2-3-7(19)8(9)10(23)22(5)14(18)4-13(16,17)11(24)21-12(14)25/h2-3H,4,15-19H2,1H3,(H,21,24,25). The summed E-state index contributed by atoms with van der Waals surface area (Å²) in [6.07, 6.45) is 0.199. The molecule has 7 nitrogen and oxygen atoms in total. The van der Waals surface area contributed by atoms with Crippen molar-refractivity contribution in [3.05, 3.63) is 28.3 Å². The second-order valence-corrected chi connectivity index (χ2v) is 7.61. The highest BCUT2D eigenvalue weighted by molar-refractivity contribution is 6.53. The fraction of sp³-hybridized carbons (Fsp3) is 0.286. The van der Waals surface area contributed by atoms with Crippen molar-refractivity contribution in [2.75, 3.05) is 5.73 Å². The SMILES string of the molecule is Bc1ccc(N)c2c(=O)n(C3(B)CC(B)(B)C(=O)NC3=O)c(C)nc12. The molecule has 2 aromatic rings. The second kappa shape index (κ2) is 5.28. The van der Waals surface area contributed by atoms with Crippen LogP contribution < -0.4 is 22.1 Å². The van der Waals surface area contributed by atoms with Crippen molar-refractivity contribution in [1.29, 1.82) is 0 Å². The summed E-state index contributed by atoms with van der Waals surface area (Å²) >= 11 is 0. The Morgan fingerprint density at radius 1 is 1.20 bits per heavy atom. The predicted octanol–water partition coefficient (Wildman–Crippen LogP) is -4.74. The van der Waals surface area contributed by atoms with Crippen LogP contribution in [0.2, 0.25) is 5.21 Å². The van der Waals surface area contributed by atoms with Gasteiger partial charge in [-0.3, -0.25) is 24.3 Å². The molecule has 2 amide bonds. The summed E-state index contributed by atoms with van der Waals surface area (Å²) in [5.74, 6) is -0.437. The quantitative estimate of drug-likeness (QED) is 0.310. The van der Waals surface area contributed by atoms with Crippen LogP contribution >= 0.6 is 0 Å². The summed E-state index contributed by atoms with van der Waals surface area (Å²) in [7, 11) is 7.01. The topological polar surface area (TPSA) is 107 Å². The van der Waals surface area contributed by atoms with Crippen molar-refractivity contribution in [1.82, 2.24) is 14.9 Å². The smallest absolute Gasteiger partial charge is 0.263 e. The molecule has 11 heteroatoms. The van der Waals surface area contributed by atoms with E-state index in [2.05, 4.69) is 10.3 Å². The van der Waals surface area contributed by atoms with Crippen LogP contribution in [0.4, 0.5) is 5.69 Å². The Morgan fingerprint density at radius 3 is 2.48 bits per heavy atom. The summed E-state index contributed by atoms with van der Waals surface area (Å²) < 4.78 is 1.37. The highest BCUT2D eigenvalue weighted by Crippen LogP contribution is 2.36. The summed E-state index contributed by atoms with van der Waals surface area (Å²) in [5, 5.41) is 1.90. The Hall–Kier alpha value is -2.44. The number of nitrogens with two attached hydrogens (primary N) is 1. The van der Waals surface area contributed by atoms with Gasteiger partial charge in [0.15, 0.2) is 0 Å². The minimum Gasteiger partial charge on any atom is -0.398 e. The van der Waals surface area contributed by atoms with Gasteiger partial charge < -0.3 is 5.73 Å². The molecule has 1 atom stereocenters. The van der Waals surface area contributed by atoms with E-state index in [0.717, 1.165) is 5.46 Å². The van der Waals surface area contributed by atoms with E-state index in [9.17, 15) is 14.4 Å². The number of anilines is 1. The highest BCUT2D eigenvalue weighted by Gasteiger charge is 2.49. The minimum atomic E-state index is -1.23. The predicted molar refractivity (Wildman–Crippen MR) is 107 cm³/mol. The molecule has 0 bridgehead atoms. The Balaban J connectivity index is 2.36. The Labute approximate surface area is 148 Å². The van der Waals surface area contributed by atoms with Gasteiger partial charge in [0.2, 0.25) is 11.8 Å². The van der Waals surface area contributed by atoms with Crippen LogP contribution in [0.25, 0.3) is 10.9 Å². The number of nitrogens with zero attached hydrogens (tertiary/aromatic N) is 2. The average molecular weight is 334 g/mol. The fourth-order valence-corrected chi connectivity index (χ4v) is 3.74. The van der Waals surface area contributed by atoms with Gasteiger partial charge in [-0.2, -0.15) is 0 Å². The zero-order valence-corrected chi connectivity index (χ0v) is 15.1. The molecule has 1 unspecified atom stereocenters. The number of piperidine rings is 1. The number of hydrogen-bond acceptors (Lipinski definition) is 5. The molecule has 0 aliphatic carbocycles. The van der Waals surface area contributed by atoms with Gasteiger partial charge in [-0.1, -0.05) is 11.5 Å². The first-order chi connectivity index (χ1) is 11.5. The van der Waals surface area contributed by atoms with Gasteiger partial charge in [-0.25, -0.2) is 4.98 Å². The number of carbonyl (C=O) groups is 2. The van der Waals surface area contributed by atoms with Crippen molar-refractivity contribution >= 4 is 65.3 Å². The van der Waals surface area contributed by atoms with Crippen molar-refractivity contribution in [2.45, 2.75) is 24.0 Å². The maximum atomic E-state index is 13.2. The van der Waals surface area contributed by atoms with Crippen LogP contribution in [-0.4, -0.2) is 52.8 Å². The van der Waals surface area contributed by atoms with Crippen molar-refractivity contribution < 1.29 is 9.59 Å². The van der Waals surface area contributed by atoms with Crippen LogP contribution in [0, 0.1) is 6.92 Å². The number of benzene rings is 1. The van der Waals surface area contributed by atoms with E-state index in [-0.39, 0.29) is 17.9 Å². The molecule has 1 aliphatic heterocycles. The van der Waals surface area contributed by atoms with Crippen LogP contribution in [0.5, 0.6) is 0 Å². The zero-order valence-electron chi connectivity index (χ0n) is 15.1.